The van der Waals surface area contributed by atoms with Crippen molar-refractivity contribution in [2.75, 3.05) is 11.9 Å². The van der Waals surface area contributed by atoms with Crippen LogP contribution < -0.4 is 20.1 Å². The van der Waals surface area contributed by atoms with Crippen LogP contribution in [0.2, 0.25) is 0 Å². The molecule has 132 valence electrons. The van der Waals surface area contributed by atoms with E-state index in [2.05, 4.69) is 15.6 Å². The minimum atomic E-state index is -0.802. The van der Waals surface area contributed by atoms with Crippen LogP contribution in [-0.2, 0) is 9.59 Å². The Bertz CT molecular complexity index is 748. The van der Waals surface area contributed by atoms with Crippen LogP contribution in [0.4, 0.5) is 5.13 Å². The van der Waals surface area contributed by atoms with E-state index in [1.807, 2.05) is 19.9 Å². The van der Waals surface area contributed by atoms with Gasteiger partial charge in [0.05, 0.1) is 0 Å². The fourth-order valence-corrected chi connectivity index (χ4v) is 2.93. The van der Waals surface area contributed by atoms with E-state index in [0.717, 1.165) is 0 Å². The first-order valence-electron chi connectivity index (χ1n) is 7.94. The number of hydrogen-bond donors (Lipinski definition) is 2. The van der Waals surface area contributed by atoms with Crippen LogP contribution in [0.15, 0.2) is 35.8 Å². The summed E-state index contributed by atoms with van der Waals surface area (Å²) in [7, 11) is 0. The van der Waals surface area contributed by atoms with E-state index in [9.17, 15) is 9.59 Å². The Morgan fingerprint density at radius 2 is 2.04 bits per heavy atom. The van der Waals surface area contributed by atoms with Crippen LogP contribution >= 0.6 is 11.3 Å². The quantitative estimate of drug-likeness (QED) is 0.851. The van der Waals surface area contributed by atoms with Crippen molar-refractivity contribution in [3.63, 3.8) is 0 Å². The van der Waals surface area contributed by atoms with Gasteiger partial charge in [0, 0.05) is 11.6 Å². The molecule has 0 aliphatic carbocycles. The highest BCUT2D eigenvalue weighted by molar-refractivity contribution is 7.13. The SMILES string of the molecule is CC(C)[C@H](NC(=O)C1COc2ccccc2O1)C(=O)Nc1nccs1. The number of para-hydroxylation sites is 2. The van der Waals surface area contributed by atoms with Crippen molar-refractivity contribution in [2.24, 2.45) is 5.92 Å². The van der Waals surface area contributed by atoms with Crippen molar-refractivity contribution in [1.29, 1.82) is 0 Å². The molecule has 0 saturated heterocycles. The number of nitrogens with one attached hydrogen (secondary N) is 2. The maximum atomic E-state index is 12.5. The van der Waals surface area contributed by atoms with Gasteiger partial charge in [0.1, 0.15) is 12.6 Å². The van der Waals surface area contributed by atoms with Crippen molar-refractivity contribution in [1.82, 2.24) is 10.3 Å². The van der Waals surface area contributed by atoms with Gasteiger partial charge in [-0.15, -0.1) is 11.3 Å². The molecule has 0 bridgehead atoms. The van der Waals surface area contributed by atoms with Crippen LogP contribution in [0.1, 0.15) is 13.8 Å². The van der Waals surface area contributed by atoms with Crippen molar-refractivity contribution in [2.45, 2.75) is 26.0 Å². The molecule has 1 aromatic heterocycles. The standard InChI is InChI=1S/C17H19N3O4S/c1-10(2)14(16(22)20-17-18-7-8-25-17)19-15(21)13-9-23-11-5-3-4-6-12(11)24-13/h3-8,10,13-14H,9H2,1-2H3,(H,19,21)(H,18,20,22)/t13?,14-/m0/s1. The van der Waals surface area contributed by atoms with Gasteiger partial charge in [-0.3, -0.25) is 9.59 Å². The van der Waals surface area contributed by atoms with E-state index >= 15 is 0 Å². The van der Waals surface area contributed by atoms with E-state index in [1.165, 1.54) is 11.3 Å². The zero-order chi connectivity index (χ0) is 17.8. The summed E-state index contributed by atoms with van der Waals surface area (Å²) in [6.07, 6.45) is 0.803. The largest absolute Gasteiger partial charge is 0.485 e. The number of carbonyl (C=O) groups is 2. The number of carbonyl (C=O) groups excluding carboxylic acids is 2. The highest BCUT2D eigenvalue weighted by Gasteiger charge is 2.32. The number of ether oxygens (including phenoxy) is 2. The van der Waals surface area contributed by atoms with Gasteiger partial charge in [-0.1, -0.05) is 26.0 Å². The lowest BCUT2D eigenvalue weighted by molar-refractivity contribution is -0.134. The van der Waals surface area contributed by atoms with Gasteiger partial charge in [0.15, 0.2) is 16.6 Å². The lowest BCUT2D eigenvalue weighted by Gasteiger charge is -2.28. The molecule has 1 unspecified atom stereocenters. The predicted octanol–water partition coefficient (Wildman–Crippen LogP) is 2.06. The summed E-state index contributed by atoms with van der Waals surface area (Å²) in [5.74, 6) is 0.328. The van der Waals surface area contributed by atoms with Gasteiger partial charge in [-0.2, -0.15) is 0 Å². The average molecular weight is 361 g/mol. The summed E-state index contributed by atoms with van der Waals surface area (Å²) in [5.41, 5.74) is 0. The topological polar surface area (TPSA) is 89.5 Å². The average Bonchev–Trinajstić information content (AvgIpc) is 3.11. The fourth-order valence-electron chi connectivity index (χ4n) is 2.40. The third-order valence-electron chi connectivity index (χ3n) is 3.71. The molecule has 8 heteroatoms. The molecule has 2 heterocycles. The Kier molecular flexibility index (Phi) is 5.18. The van der Waals surface area contributed by atoms with E-state index in [1.54, 1.807) is 29.8 Å². The first-order chi connectivity index (χ1) is 12.0. The molecule has 2 N–H and O–H groups in total. The minimum absolute atomic E-state index is 0.0966. The molecule has 1 aliphatic rings. The van der Waals surface area contributed by atoms with Gasteiger partial charge in [-0.05, 0) is 18.1 Å². The maximum Gasteiger partial charge on any atom is 0.265 e. The van der Waals surface area contributed by atoms with Crippen molar-refractivity contribution >= 4 is 28.3 Å². The van der Waals surface area contributed by atoms with Crippen LogP contribution in [0.3, 0.4) is 0 Å². The highest BCUT2D eigenvalue weighted by Crippen LogP contribution is 2.30. The summed E-state index contributed by atoms with van der Waals surface area (Å²) < 4.78 is 11.2. The van der Waals surface area contributed by atoms with Crippen LogP contribution in [0.25, 0.3) is 0 Å². The molecule has 0 radical (unpaired) electrons. The smallest absolute Gasteiger partial charge is 0.265 e. The normalized spacial score (nSPS) is 17.0. The minimum Gasteiger partial charge on any atom is -0.485 e. The lowest BCUT2D eigenvalue weighted by atomic mass is 10.0. The number of benzene rings is 1. The van der Waals surface area contributed by atoms with Crippen LogP contribution in [-0.4, -0.2) is 35.6 Å². The second-order valence-corrected chi connectivity index (χ2v) is 6.82. The molecule has 1 aliphatic heterocycles. The molecule has 0 saturated carbocycles. The van der Waals surface area contributed by atoms with Gasteiger partial charge in [0.25, 0.3) is 5.91 Å². The van der Waals surface area contributed by atoms with E-state index in [-0.39, 0.29) is 24.3 Å². The number of aromatic nitrogens is 1. The Morgan fingerprint density at radius 3 is 2.72 bits per heavy atom. The molecule has 3 rings (SSSR count). The lowest BCUT2D eigenvalue weighted by Crippen LogP contribution is -2.53. The fraction of sp³-hybridized carbons (Fsp3) is 0.353. The Hall–Kier alpha value is -2.61. The summed E-state index contributed by atoms with van der Waals surface area (Å²) in [5, 5.41) is 7.72. The number of fused-ring (bicyclic) bond motifs is 1. The first-order valence-corrected chi connectivity index (χ1v) is 8.82. The molecule has 2 amide bonds. The van der Waals surface area contributed by atoms with E-state index in [4.69, 9.17) is 9.47 Å². The molecule has 2 atom stereocenters. The van der Waals surface area contributed by atoms with Gasteiger partial charge < -0.3 is 20.1 Å². The molecule has 1 aromatic carbocycles. The maximum absolute atomic E-state index is 12.5. The number of anilines is 1. The molecular weight excluding hydrogens is 342 g/mol. The number of nitrogens with zero attached hydrogens (tertiary/aromatic N) is 1. The Labute approximate surface area is 149 Å². The second-order valence-electron chi connectivity index (χ2n) is 5.92. The number of rotatable bonds is 5. The Balaban J connectivity index is 1.64. The third kappa shape index (κ3) is 4.08. The molecular formula is C17H19N3O4S. The summed E-state index contributed by atoms with van der Waals surface area (Å²) >= 11 is 1.32. The zero-order valence-electron chi connectivity index (χ0n) is 13.9. The van der Waals surface area contributed by atoms with Crippen molar-refractivity contribution < 1.29 is 19.1 Å². The van der Waals surface area contributed by atoms with E-state index in [0.29, 0.717) is 16.6 Å². The van der Waals surface area contributed by atoms with Gasteiger partial charge in [-0.25, -0.2) is 4.98 Å². The summed E-state index contributed by atoms with van der Waals surface area (Å²) in [6.45, 7) is 3.82. The van der Waals surface area contributed by atoms with Gasteiger partial charge >= 0.3 is 0 Å². The van der Waals surface area contributed by atoms with Crippen molar-refractivity contribution in [3.8, 4) is 11.5 Å². The van der Waals surface area contributed by atoms with Crippen molar-refractivity contribution in [3.05, 3.63) is 35.8 Å². The molecule has 2 aromatic rings. The molecule has 0 fully saturated rings. The molecule has 0 spiro atoms. The monoisotopic (exact) mass is 361 g/mol. The molecule has 25 heavy (non-hydrogen) atoms. The first kappa shape index (κ1) is 17.2. The number of thiazole rings is 1. The third-order valence-corrected chi connectivity index (χ3v) is 4.40. The second kappa shape index (κ2) is 7.52. The van der Waals surface area contributed by atoms with Crippen LogP contribution in [0, 0.1) is 5.92 Å². The number of hydrogen-bond acceptors (Lipinski definition) is 6. The summed E-state index contributed by atoms with van der Waals surface area (Å²) in [4.78, 5) is 29.0. The molecule has 7 nitrogen and oxygen atoms in total. The predicted molar refractivity (Wildman–Crippen MR) is 93.9 cm³/mol. The van der Waals surface area contributed by atoms with Gasteiger partial charge in [0.2, 0.25) is 12.0 Å². The number of amides is 2. The summed E-state index contributed by atoms with van der Waals surface area (Å²) in [6, 6.07) is 6.46. The van der Waals surface area contributed by atoms with Crippen LogP contribution in [0.5, 0.6) is 11.5 Å². The highest BCUT2D eigenvalue weighted by atomic mass is 32.1. The van der Waals surface area contributed by atoms with E-state index < -0.39 is 12.1 Å². The Morgan fingerprint density at radius 1 is 1.28 bits per heavy atom. The zero-order valence-corrected chi connectivity index (χ0v) is 14.7.